The number of aliphatic carboxylic acids is 1. The predicted molar refractivity (Wildman–Crippen MR) is 67.5 cm³/mol. The Morgan fingerprint density at radius 3 is 2.18 bits per heavy atom. The summed E-state index contributed by atoms with van der Waals surface area (Å²) in [6.45, 7) is 0.154. The summed E-state index contributed by atoms with van der Waals surface area (Å²) in [5, 5.41) is 8.22. The molecule has 0 atom stereocenters. The second kappa shape index (κ2) is 6.83. The topological polar surface area (TPSA) is 46.5 Å². The first-order valence-electron chi connectivity index (χ1n) is 2.53. The van der Waals surface area contributed by atoms with Gasteiger partial charge in [-0.1, -0.05) is 0 Å². The van der Waals surface area contributed by atoms with Crippen molar-refractivity contribution < 1.29 is 14.6 Å². The molecule has 1 N–H and O–H groups in total. The molecular formula is C5H5I3O3. The van der Waals surface area contributed by atoms with E-state index in [0.29, 0.717) is 6.61 Å². The molecule has 0 aliphatic carbocycles. The summed E-state index contributed by atoms with van der Waals surface area (Å²) in [6.07, 6.45) is 0. The second-order valence-electron chi connectivity index (χ2n) is 1.55. The van der Waals surface area contributed by atoms with E-state index in [0.717, 1.165) is 5.17 Å². The highest BCUT2D eigenvalue weighted by Crippen LogP contribution is 2.25. The predicted octanol–water partition coefficient (Wildman–Crippen LogP) is 2.56. The maximum absolute atomic E-state index is 10.0. The second-order valence-corrected chi connectivity index (χ2v) is 7.08. The third-order valence-electron chi connectivity index (χ3n) is 0.659. The van der Waals surface area contributed by atoms with Gasteiger partial charge in [0.25, 0.3) is 0 Å². The SMILES string of the molecule is O=C(O)COCC(I)=C(I)I. The molecule has 0 bridgehead atoms. The average Bonchev–Trinajstić information content (AvgIpc) is 1.86. The van der Waals surface area contributed by atoms with Gasteiger partial charge in [0, 0.05) is 3.58 Å². The number of hydrogen-bond donors (Lipinski definition) is 1. The van der Waals surface area contributed by atoms with E-state index in [2.05, 4.69) is 67.8 Å². The van der Waals surface area contributed by atoms with Crippen molar-refractivity contribution in [1.29, 1.82) is 0 Å². The molecular weight excluding hydrogens is 489 g/mol. The fraction of sp³-hybridized carbons (Fsp3) is 0.400. The summed E-state index contributed by atoms with van der Waals surface area (Å²) >= 11 is 6.44. The maximum atomic E-state index is 10.0. The van der Waals surface area contributed by atoms with Crippen LogP contribution in [0, 0.1) is 0 Å². The highest BCUT2D eigenvalue weighted by Gasteiger charge is 1.99. The Bertz CT molecular complexity index is 174. The molecule has 0 aliphatic heterocycles. The van der Waals surface area contributed by atoms with Crippen molar-refractivity contribution >= 4 is 73.7 Å². The van der Waals surface area contributed by atoms with E-state index in [9.17, 15) is 4.79 Å². The minimum Gasteiger partial charge on any atom is -0.480 e. The molecule has 0 rings (SSSR count). The summed E-state index contributed by atoms with van der Waals surface area (Å²) in [5.41, 5.74) is 0. The van der Waals surface area contributed by atoms with Crippen LogP contribution in [0.1, 0.15) is 0 Å². The minimum absolute atomic E-state index is 0.229. The Morgan fingerprint density at radius 1 is 1.27 bits per heavy atom. The highest BCUT2D eigenvalue weighted by molar-refractivity contribution is 14.2. The van der Waals surface area contributed by atoms with Gasteiger partial charge in [0.15, 0.2) is 0 Å². The molecule has 0 saturated heterocycles. The Kier molecular flexibility index (Phi) is 7.68. The van der Waals surface area contributed by atoms with Gasteiger partial charge >= 0.3 is 5.97 Å². The lowest BCUT2D eigenvalue weighted by Gasteiger charge is -1.99. The standard InChI is InChI=1S/C5H5I3O3/c6-3(5(7)8)1-11-2-4(9)10/h1-2H2,(H,9,10). The van der Waals surface area contributed by atoms with Crippen molar-refractivity contribution in [2.24, 2.45) is 0 Å². The molecule has 0 radical (unpaired) electrons. The molecule has 0 aromatic carbocycles. The van der Waals surface area contributed by atoms with E-state index in [4.69, 9.17) is 9.84 Å². The summed E-state index contributed by atoms with van der Waals surface area (Å²) in [7, 11) is 0. The van der Waals surface area contributed by atoms with Gasteiger partial charge in [-0.3, -0.25) is 0 Å². The molecule has 0 unspecified atom stereocenters. The van der Waals surface area contributed by atoms with Gasteiger partial charge < -0.3 is 9.84 Å². The van der Waals surface area contributed by atoms with Gasteiger partial charge in [-0.05, 0) is 67.8 Å². The van der Waals surface area contributed by atoms with Crippen molar-refractivity contribution in [2.45, 2.75) is 0 Å². The number of halogens is 3. The smallest absolute Gasteiger partial charge is 0.329 e. The van der Waals surface area contributed by atoms with Crippen LogP contribution >= 0.6 is 67.8 Å². The van der Waals surface area contributed by atoms with E-state index in [1.165, 1.54) is 0 Å². The van der Waals surface area contributed by atoms with E-state index >= 15 is 0 Å². The monoisotopic (exact) mass is 494 g/mol. The van der Waals surface area contributed by atoms with E-state index in [1.807, 2.05) is 0 Å². The van der Waals surface area contributed by atoms with Gasteiger partial charge in [0.2, 0.25) is 0 Å². The van der Waals surface area contributed by atoms with Gasteiger partial charge in [-0.25, -0.2) is 4.79 Å². The van der Waals surface area contributed by atoms with Gasteiger partial charge in [0.05, 0.1) is 8.19 Å². The summed E-state index contributed by atoms with van der Waals surface area (Å²) in [6, 6.07) is 0. The van der Waals surface area contributed by atoms with Crippen LogP contribution < -0.4 is 0 Å². The number of carboxylic acids is 1. The van der Waals surface area contributed by atoms with Crippen molar-refractivity contribution in [1.82, 2.24) is 0 Å². The van der Waals surface area contributed by atoms with E-state index in [1.54, 1.807) is 0 Å². The van der Waals surface area contributed by atoms with Crippen molar-refractivity contribution in [2.75, 3.05) is 13.2 Å². The first-order valence-corrected chi connectivity index (χ1v) is 5.77. The lowest BCUT2D eigenvalue weighted by atomic mass is 10.7. The highest BCUT2D eigenvalue weighted by atomic mass is 127. The van der Waals surface area contributed by atoms with E-state index < -0.39 is 5.97 Å². The molecule has 0 aliphatic rings. The van der Waals surface area contributed by atoms with Crippen LogP contribution in [0.25, 0.3) is 0 Å². The Hall–Kier alpha value is 1.36. The molecule has 0 amide bonds. The molecule has 0 aromatic rings. The third kappa shape index (κ3) is 7.71. The molecule has 0 heterocycles. The Balaban J connectivity index is 3.56. The number of hydrogen-bond acceptors (Lipinski definition) is 2. The van der Waals surface area contributed by atoms with Gasteiger partial charge in [-0.15, -0.1) is 0 Å². The number of rotatable bonds is 4. The fourth-order valence-corrected chi connectivity index (χ4v) is 0.814. The Morgan fingerprint density at radius 2 is 1.82 bits per heavy atom. The number of carbonyl (C=O) groups is 1. The van der Waals surface area contributed by atoms with Crippen LogP contribution in [0.2, 0.25) is 0 Å². The average molecular weight is 494 g/mol. The molecule has 0 aromatic heterocycles. The van der Waals surface area contributed by atoms with Crippen LogP contribution in [0.3, 0.4) is 0 Å². The normalized spacial score (nSPS) is 9.36. The zero-order valence-corrected chi connectivity index (χ0v) is 11.8. The molecule has 3 nitrogen and oxygen atoms in total. The molecule has 11 heavy (non-hydrogen) atoms. The molecule has 0 spiro atoms. The first-order chi connectivity index (χ1) is 5.04. The first kappa shape index (κ1) is 12.4. The van der Waals surface area contributed by atoms with Crippen molar-refractivity contribution in [3.63, 3.8) is 0 Å². The van der Waals surface area contributed by atoms with Crippen LogP contribution in [-0.4, -0.2) is 24.3 Å². The lowest BCUT2D eigenvalue weighted by molar-refractivity contribution is -0.141. The van der Waals surface area contributed by atoms with E-state index in [-0.39, 0.29) is 6.61 Å². The number of carboxylic acid groups (broad SMARTS) is 1. The Labute approximate surface area is 105 Å². The minimum atomic E-state index is -0.933. The van der Waals surface area contributed by atoms with Crippen LogP contribution in [-0.2, 0) is 9.53 Å². The van der Waals surface area contributed by atoms with Crippen molar-refractivity contribution in [3.05, 3.63) is 5.17 Å². The van der Waals surface area contributed by atoms with Crippen molar-refractivity contribution in [3.8, 4) is 0 Å². The summed E-state index contributed by atoms with van der Waals surface area (Å²) in [5.74, 6) is -0.933. The van der Waals surface area contributed by atoms with Crippen LogP contribution in [0.15, 0.2) is 5.17 Å². The number of ether oxygens (including phenoxy) is 1. The molecule has 64 valence electrons. The quantitative estimate of drug-likeness (QED) is 0.613. The third-order valence-corrected chi connectivity index (χ3v) is 4.88. The summed E-state index contributed by atoms with van der Waals surface area (Å²) in [4.78, 5) is 10.0. The fourth-order valence-electron chi connectivity index (χ4n) is 0.283. The molecule has 0 fully saturated rings. The summed E-state index contributed by atoms with van der Waals surface area (Å²) < 4.78 is 6.98. The molecule has 6 heteroatoms. The largest absolute Gasteiger partial charge is 0.480 e. The lowest BCUT2D eigenvalue weighted by Crippen LogP contribution is -2.07. The molecule has 0 saturated carbocycles. The zero-order chi connectivity index (χ0) is 8.85. The maximum Gasteiger partial charge on any atom is 0.329 e. The zero-order valence-electron chi connectivity index (χ0n) is 5.31. The van der Waals surface area contributed by atoms with Crippen LogP contribution in [0.4, 0.5) is 0 Å². The van der Waals surface area contributed by atoms with Gasteiger partial charge in [0.1, 0.15) is 6.61 Å². The van der Waals surface area contributed by atoms with Crippen LogP contribution in [0.5, 0.6) is 0 Å². The van der Waals surface area contributed by atoms with Gasteiger partial charge in [-0.2, -0.15) is 0 Å².